The van der Waals surface area contributed by atoms with E-state index >= 15 is 0 Å². The Labute approximate surface area is 113 Å². The molecule has 2 rings (SSSR count). The number of halogens is 1. The topological polar surface area (TPSA) is 46.3 Å². The molecule has 1 aromatic rings. The van der Waals surface area contributed by atoms with Crippen LogP contribution < -0.4 is 5.73 Å². The molecule has 0 unspecified atom stereocenters. The standard InChI is InChI=1S/C15H21FN2O/c1-18(14(19)15(11-17)8-2-9-15)10-7-12-3-5-13(16)6-4-12/h3-6H,2,7-11,17H2,1H3. The number of carbonyl (C=O) groups is 1. The molecule has 4 heteroatoms. The number of rotatable bonds is 5. The van der Waals surface area contributed by atoms with Crippen LogP contribution in [0.15, 0.2) is 24.3 Å². The van der Waals surface area contributed by atoms with E-state index in [1.807, 2.05) is 7.05 Å². The molecule has 1 fully saturated rings. The molecule has 0 atom stereocenters. The summed E-state index contributed by atoms with van der Waals surface area (Å²) in [6.45, 7) is 1.08. The first-order valence-corrected chi connectivity index (χ1v) is 6.77. The maximum Gasteiger partial charge on any atom is 0.229 e. The molecular weight excluding hydrogens is 243 g/mol. The minimum absolute atomic E-state index is 0.156. The number of likely N-dealkylation sites (N-methyl/N-ethyl adjacent to an activating group) is 1. The Morgan fingerprint density at radius 2 is 2.00 bits per heavy atom. The number of carbonyl (C=O) groups excluding carboxylic acids is 1. The number of benzene rings is 1. The second kappa shape index (κ2) is 5.70. The van der Waals surface area contributed by atoms with Crippen LogP contribution in [-0.2, 0) is 11.2 Å². The smallest absolute Gasteiger partial charge is 0.229 e. The summed E-state index contributed by atoms with van der Waals surface area (Å²) in [6, 6.07) is 6.42. The van der Waals surface area contributed by atoms with E-state index < -0.39 is 0 Å². The molecule has 19 heavy (non-hydrogen) atoms. The zero-order chi connectivity index (χ0) is 13.9. The van der Waals surface area contributed by atoms with Gasteiger partial charge in [0.1, 0.15) is 5.82 Å². The van der Waals surface area contributed by atoms with Crippen molar-refractivity contribution in [2.24, 2.45) is 11.1 Å². The van der Waals surface area contributed by atoms with Gasteiger partial charge in [-0.2, -0.15) is 0 Å². The summed E-state index contributed by atoms with van der Waals surface area (Å²) < 4.78 is 12.8. The Balaban J connectivity index is 1.88. The van der Waals surface area contributed by atoms with Gasteiger partial charge in [-0.05, 0) is 37.0 Å². The van der Waals surface area contributed by atoms with Crippen LogP contribution in [0.1, 0.15) is 24.8 Å². The van der Waals surface area contributed by atoms with Crippen molar-refractivity contribution in [2.45, 2.75) is 25.7 Å². The first-order valence-electron chi connectivity index (χ1n) is 6.77. The fourth-order valence-electron chi connectivity index (χ4n) is 2.56. The second-order valence-electron chi connectivity index (χ2n) is 5.44. The predicted octanol–water partition coefficient (Wildman–Crippen LogP) is 1.96. The molecule has 2 N–H and O–H groups in total. The highest BCUT2D eigenvalue weighted by Crippen LogP contribution is 2.41. The lowest BCUT2D eigenvalue weighted by atomic mass is 9.68. The maximum atomic E-state index is 12.8. The number of amides is 1. The summed E-state index contributed by atoms with van der Waals surface area (Å²) in [7, 11) is 1.82. The van der Waals surface area contributed by atoms with Gasteiger partial charge in [0.25, 0.3) is 0 Å². The fourth-order valence-corrected chi connectivity index (χ4v) is 2.56. The highest BCUT2D eigenvalue weighted by Gasteiger charge is 2.44. The minimum atomic E-state index is -0.308. The van der Waals surface area contributed by atoms with Crippen molar-refractivity contribution in [1.29, 1.82) is 0 Å². The first-order chi connectivity index (χ1) is 9.07. The van der Waals surface area contributed by atoms with E-state index in [0.717, 1.165) is 31.2 Å². The normalized spacial score (nSPS) is 16.8. The van der Waals surface area contributed by atoms with E-state index in [9.17, 15) is 9.18 Å². The number of nitrogens with two attached hydrogens (primary N) is 1. The van der Waals surface area contributed by atoms with Crippen LogP contribution in [0.25, 0.3) is 0 Å². The molecule has 3 nitrogen and oxygen atoms in total. The molecule has 1 aliphatic carbocycles. The van der Waals surface area contributed by atoms with Crippen molar-refractivity contribution >= 4 is 5.91 Å². The van der Waals surface area contributed by atoms with Crippen LogP contribution in [-0.4, -0.2) is 30.9 Å². The Hall–Kier alpha value is -1.42. The van der Waals surface area contributed by atoms with E-state index in [1.165, 1.54) is 12.1 Å². The van der Waals surface area contributed by atoms with E-state index in [1.54, 1.807) is 17.0 Å². The van der Waals surface area contributed by atoms with Gasteiger partial charge in [0.05, 0.1) is 5.41 Å². The quantitative estimate of drug-likeness (QED) is 0.883. The molecule has 1 amide bonds. The Kier molecular flexibility index (Phi) is 4.20. The Morgan fingerprint density at radius 1 is 1.37 bits per heavy atom. The van der Waals surface area contributed by atoms with Gasteiger partial charge in [0, 0.05) is 20.1 Å². The molecule has 0 spiro atoms. The molecular formula is C15H21FN2O. The van der Waals surface area contributed by atoms with Gasteiger partial charge in [-0.3, -0.25) is 4.79 Å². The predicted molar refractivity (Wildman–Crippen MR) is 73.1 cm³/mol. The van der Waals surface area contributed by atoms with Gasteiger partial charge in [-0.15, -0.1) is 0 Å². The molecule has 0 radical (unpaired) electrons. The number of hydrogen-bond acceptors (Lipinski definition) is 2. The van der Waals surface area contributed by atoms with Crippen LogP contribution in [0, 0.1) is 11.2 Å². The Morgan fingerprint density at radius 3 is 2.47 bits per heavy atom. The van der Waals surface area contributed by atoms with Crippen molar-refractivity contribution in [2.75, 3.05) is 20.1 Å². The summed E-state index contributed by atoms with van der Waals surface area (Å²) in [5.41, 5.74) is 6.47. The number of nitrogens with zero attached hydrogens (tertiary/aromatic N) is 1. The third-order valence-electron chi connectivity index (χ3n) is 4.15. The van der Waals surface area contributed by atoms with E-state index in [4.69, 9.17) is 5.73 Å². The summed E-state index contributed by atoms with van der Waals surface area (Å²) in [6.07, 6.45) is 3.64. The average Bonchev–Trinajstić information content (AvgIpc) is 2.37. The van der Waals surface area contributed by atoms with Crippen molar-refractivity contribution in [1.82, 2.24) is 4.90 Å². The summed E-state index contributed by atoms with van der Waals surface area (Å²) in [5.74, 6) is -0.0758. The first kappa shape index (κ1) is 14.0. The molecule has 0 bridgehead atoms. The molecule has 1 saturated carbocycles. The lowest BCUT2D eigenvalue weighted by Crippen LogP contribution is -2.51. The third-order valence-corrected chi connectivity index (χ3v) is 4.15. The van der Waals surface area contributed by atoms with E-state index in [-0.39, 0.29) is 17.1 Å². The van der Waals surface area contributed by atoms with Gasteiger partial charge in [-0.25, -0.2) is 4.39 Å². The van der Waals surface area contributed by atoms with Crippen LogP contribution in [0.4, 0.5) is 4.39 Å². The minimum Gasteiger partial charge on any atom is -0.345 e. The van der Waals surface area contributed by atoms with Crippen LogP contribution in [0.3, 0.4) is 0 Å². The summed E-state index contributed by atoms with van der Waals surface area (Å²) >= 11 is 0. The molecule has 0 heterocycles. The van der Waals surface area contributed by atoms with Gasteiger partial charge in [-0.1, -0.05) is 18.6 Å². The van der Waals surface area contributed by atoms with E-state index in [0.29, 0.717) is 13.1 Å². The van der Waals surface area contributed by atoms with Crippen LogP contribution in [0.5, 0.6) is 0 Å². The maximum absolute atomic E-state index is 12.8. The monoisotopic (exact) mass is 264 g/mol. The fraction of sp³-hybridized carbons (Fsp3) is 0.533. The van der Waals surface area contributed by atoms with Gasteiger partial charge in [0.2, 0.25) is 5.91 Å². The van der Waals surface area contributed by atoms with Gasteiger partial charge in [0.15, 0.2) is 0 Å². The third kappa shape index (κ3) is 2.95. The SMILES string of the molecule is CN(CCc1ccc(F)cc1)C(=O)C1(CN)CCC1. The Bertz CT molecular complexity index is 434. The average molecular weight is 264 g/mol. The largest absolute Gasteiger partial charge is 0.345 e. The molecule has 1 aliphatic rings. The molecule has 0 aliphatic heterocycles. The molecule has 104 valence electrons. The second-order valence-corrected chi connectivity index (χ2v) is 5.44. The lowest BCUT2D eigenvalue weighted by molar-refractivity contribution is -0.145. The molecule has 0 saturated heterocycles. The van der Waals surface area contributed by atoms with E-state index in [2.05, 4.69) is 0 Å². The zero-order valence-corrected chi connectivity index (χ0v) is 11.4. The van der Waals surface area contributed by atoms with Crippen molar-refractivity contribution < 1.29 is 9.18 Å². The highest BCUT2D eigenvalue weighted by molar-refractivity contribution is 5.83. The summed E-state index contributed by atoms with van der Waals surface area (Å²) in [4.78, 5) is 14.1. The highest BCUT2D eigenvalue weighted by atomic mass is 19.1. The molecule has 0 aromatic heterocycles. The van der Waals surface area contributed by atoms with Gasteiger partial charge < -0.3 is 10.6 Å². The van der Waals surface area contributed by atoms with Crippen molar-refractivity contribution in [3.63, 3.8) is 0 Å². The van der Waals surface area contributed by atoms with Crippen LogP contribution in [0.2, 0.25) is 0 Å². The van der Waals surface area contributed by atoms with Crippen molar-refractivity contribution in [3.05, 3.63) is 35.6 Å². The lowest BCUT2D eigenvalue weighted by Gasteiger charge is -2.41. The molecule has 1 aromatic carbocycles. The summed E-state index contributed by atoms with van der Waals surface area (Å²) in [5, 5.41) is 0. The number of hydrogen-bond donors (Lipinski definition) is 1. The van der Waals surface area contributed by atoms with Crippen LogP contribution >= 0.6 is 0 Å². The van der Waals surface area contributed by atoms with Crippen molar-refractivity contribution in [3.8, 4) is 0 Å². The zero-order valence-electron chi connectivity index (χ0n) is 11.4. The van der Waals surface area contributed by atoms with Gasteiger partial charge >= 0.3 is 0 Å².